The summed E-state index contributed by atoms with van der Waals surface area (Å²) in [4.78, 5) is 2.56. The maximum Gasteiger partial charge on any atom is 0.0197 e. The van der Waals surface area contributed by atoms with Crippen LogP contribution in [0.1, 0.15) is 38.7 Å². The molecule has 1 aromatic carbocycles. The molecule has 1 fully saturated rings. The Balaban J connectivity index is 1.70. The summed E-state index contributed by atoms with van der Waals surface area (Å²) in [7, 11) is 0. The summed E-state index contributed by atoms with van der Waals surface area (Å²) in [6, 6.07) is 12.1. The monoisotopic (exact) mass is 260 g/mol. The first kappa shape index (κ1) is 14.5. The summed E-state index contributed by atoms with van der Waals surface area (Å²) in [5.74, 6) is 0. The van der Waals surface area contributed by atoms with E-state index in [-0.39, 0.29) is 0 Å². The molecule has 2 rings (SSSR count). The van der Waals surface area contributed by atoms with E-state index in [1.54, 1.807) is 0 Å². The molecule has 2 unspecified atom stereocenters. The van der Waals surface area contributed by atoms with E-state index in [1.165, 1.54) is 50.9 Å². The topological polar surface area (TPSA) is 15.3 Å². The Morgan fingerprint density at radius 2 is 2.11 bits per heavy atom. The van der Waals surface area contributed by atoms with Gasteiger partial charge in [-0.15, -0.1) is 0 Å². The van der Waals surface area contributed by atoms with Gasteiger partial charge in [0.2, 0.25) is 0 Å². The second-order valence-corrected chi connectivity index (χ2v) is 5.82. The van der Waals surface area contributed by atoms with E-state index >= 15 is 0 Å². The van der Waals surface area contributed by atoms with Crippen LogP contribution < -0.4 is 5.32 Å². The third-order valence-corrected chi connectivity index (χ3v) is 4.18. The molecule has 1 N–H and O–H groups in total. The van der Waals surface area contributed by atoms with Gasteiger partial charge in [-0.2, -0.15) is 0 Å². The van der Waals surface area contributed by atoms with Gasteiger partial charge in [0.1, 0.15) is 0 Å². The number of rotatable bonds is 6. The molecule has 106 valence electrons. The molecule has 0 amide bonds. The first-order valence-corrected chi connectivity index (χ1v) is 7.80. The van der Waals surface area contributed by atoms with Gasteiger partial charge in [-0.1, -0.05) is 37.3 Å². The number of likely N-dealkylation sites (N-methyl/N-ethyl adjacent to an activating group) is 1. The minimum absolute atomic E-state index is 0.613. The summed E-state index contributed by atoms with van der Waals surface area (Å²) < 4.78 is 0. The minimum Gasteiger partial charge on any atom is -0.310 e. The number of piperidine rings is 1. The van der Waals surface area contributed by atoms with Crippen molar-refractivity contribution in [2.24, 2.45) is 0 Å². The van der Waals surface area contributed by atoms with Crippen LogP contribution in [0.25, 0.3) is 0 Å². The highest BCUT2D eigenvalue weighted by Gasteiger charge is 2.19. The van der Waals surface area contributed by atoms with Gasteiger partial charge in [0, 0.05) is 18.6 Å². The van der Waals surface area contributed by atoms with E-state index in [0.29, 0.717) is 12.1 Å². The van der Waals surface area contributed by atoms with Crippen LogP contribution in [0.5, 0.6) is 0 Å². The van der Waals surface area contributed by atoms with Crippen LogP contribution in [-0.4, -0.2) is 36.6 Å². The molecule has 0 aliphatic carbocycles. The molecule has 0 saturated carbocycles. The molecule has 2 heteroatoms. The van der Waals surface area contributed by atoms with Crippen molar-refractivity contribution in [3.05, 3.63) is 35.9 Å². The molecule has 1 heterocycles. The van der Waals surface area contributed by atoms with Gasteiger partial charge in [-0.05, 0) is 51.3 Å². The summed E-state index contributed by atoms with van der Waals surface area (Å²) in [6.45, 7) is 8.30. The average molecular weight is 260 g/mol. The molecule has 1 aliphatic heterocycles. The van der Waals surface area contributed by atoms with E-state index in [0.717, 1.165) is 0 Å². The quantitative estimate of drug-likeness (QED) is 0.845. The standard InChI is InChI=1S/C17H28N2/c1-3-19-13-7-10-17(14-19)18-15(2)11-12-16-8-5-4-6-9-16/h4-6,8-9,15,17-18H,3,7,10-14H2,1-2H3. The fourth-order valence-electron chi connectivity index (χ4n) is 2.99. The number of nitrogens with zero attached hydrogens (tertiary/aromatic N) is 1. The highest BCUT2D eigenvalue weighted by atomic mass is 15.2. The van der Waals surface area contributed by atoms with E-state index in [4.69, 9.17) is 0 Å². The summed E-state index contributed by atoms with van der Waals surface area (Å²) in [5.41, 5.74) is 1.45. The van der Waals surface area contributed by atoms with Crippen molar-refractivity contribution in [2.75, 3.05) is 19.6 Å². The second kappa shape index (κ2) is 7.66. The lowest BCUT2D eigenvalue weighted by Gasteiger charge is -2.34. The van der Waals surface area contributed by atoms with Crippen LogP contribution in [0.3, 0.4) is 0 Å². The maximum absolute atomic E-state index is 3.81. The largest absolute Gasteiger partial charge is 0.310 e. The van der Waals surface area contributed by atoms with Gasteiger partial charge >= 0.3 is 0 Å². The molecule has 1 saturated heterocycles. The van der Waals surface area contributed by atoms with Gasteiger partial charge in [0.05, 0.1) is 0 Å². The third-order valence-electron chi connectivity index (χ3n) is 4.18. The minimum atomic E-state index is 0.613. The van der Waals surface area contributed by atoms with Crippen molar-refractivity contribution >= 4 is 0 Å². The lowest BCUT2D eigenvalue weighted by Crippen LogP contribution is -2.48. The van der Waals surface area contributed by atoms with E-state index < -0.39 is 0 Å². The van der Waals surface area contributed by atoms with Crippen LogP contribution >= 0.6 is 0 Å². The van der Waals surface area contributed by atoms with Gasteiger partial charge < -0.3 is 10.2 Å². The molecular weight excluding hydrogens is 232 g/mol. The third kappa shape index (κ3) is 4.96. The molecule has 0 aromatic heterocycles. The van der Waals surface area contributed by atoms with Crippen molar-refractivity contribution in [1.82, 2.24) is 10.2 Å². The van der Waals surface area contributed by atoms with Crippen LogP contribution in [-0.2, 0) is 6.42 Å². The fourth-order valence-corrected chi connectivity index (χ4v) is 2.99. The number of aryl methyl sites for hydroxylation is 1. The fraction of sp³-hybridized carbons (Fsp3) is 0.647. The Morgan fingerprint density at radius 3 is 2.84 bits per heavy atom. The van der Waals surface area contributed by atoms with Crippen molar-refractivity contribution < 1.29 is 0 Å². The van der Waals surface area contributed by atoms with Gasteiger partial charge in [0.25, 0.3) is 0 Å². The molecule has 0 spiro atoms. The summed E-state index contributed by atoms with van der Waals surface area (Å²) in [5, 5.41) is 3.81. The van der Waals surface area contributed by atoms with E-state index in [9.17, 15) is 0 Å². The SMILES string of the molecule is CCN1CCCC(NC(C)CCc2ccccc2)C1. The number of hydrogen-bond acceptors (Lipinski definition) is 2. The Morgan fingerprint density at radius 1 is 1.32 bits per heavy atom. The molecule has 1 aliphatic rings. The Kier molecular flexibility index (Phi) is 5.87. The van der Waals surface area contributed by atoms with Crippen LogP contribution in [0.2, 0.25) is 0 Å². The Bertz CT molecular complexity index is 350. The van der Waals surface area contributed by atoms with Crippen molar-refractivity contribution in [3.63, 3.8) is 0 Å². The maximum atomic E-state index is 3.81. The van der Waals surface area contributed by atoms with Gasteiger partial charge in [-0.25, -0.2) is 0 Å². The normalized spacial score (nSPS) is 22.3. The predicted molar refractivity (Wildman–Crippen MR) is 82.5 cm³/mol. The zero-order chi connectivity index (χ0) is 13.5. The lowest BCUT2D eigenvalue weighted by molar-refractivity contribution is 0.190. The second-order valence-electron chi connectivity index (χ2n) is 5.82. The zero-order valence-corrected chi connectivity index (χ0v) is 12.4. The first-order chi connectivity index (χ1) is 9.28. The molecular formula is C17H28N2. The molecule has 0 radical (unpaired) electrons. The molecule has 2 atom stereocenters. The van der Waals surface area contributed by atoms with Gasteiger partial charge in [0.15, 0.2) is 0 Å². The van der Waals surface area contributed by atoms with E-state index in [1.807, 2.05) is 0 Å². The van der Waals surface area contributed by atoms with Gasteiger partial charge in [-0.3, -0.25) is 0 Å². The number of nitrogens with one attached hydrogen (secondary N) is 1. The van der Waals surface area contributed by atoms with Crippen LogP contribution in [0, 0.1) is 0 Å². The Hall–Kier alpha value is -0.860. The lowest BCUT2D eigenvalue weighted by atomic mass is 10.0. The summed E-state index contributed by atoms with van der Waals surface area (Å²) >= 11 is 0. The molecule has 1 aromatic rings. The first-order valence-electron chi connectivity index (χ1n) is 7.80. The van der Waals surface area contributed by atoms with Crippen LogP contribution in [0.4, 0.5) is 0 Å². The van der Waals surface area contributed by atoms with Crippen molar-refractivity contribution in [1.29, 1.82) is 0 Å². The highest BCUT2D eigenvalue weighted by molar-refractivity contribution is 5.14. The number of hydrogen-bond donors (Lipinski definition) is 1. The smallest absolute Gasteiger partial charge is 0.0197 e. The number of benzene rings is 1. The zero-order valence-electron chi connectivity index (χ0n) is 12.4. The molecule has 19 heavy (non-hydrogen) atoms. The van der Waals surface area contributed by atoms with Crippen LogP contribution in [0.15, 0.2) is 30.3 Å². The molecule has 2 nitrogen and oxygen atoms in total. The summed E-state index contributed by atoms with van der Waals surface area (Å²) in [6.07, 6.45) is 5.09. The van der Waals surface area contributed by atoms with E-state index in [2.05, 4.69) is 54.4 Å². The average Bonchev–Trinajstić information content (AvgIpc) is 2.46. The predicted octanol–water partition coefficient (Wildman–Crippen LogP) is 3.08. The van der Waals surface area contributed by atoms with Crippen molar-refractivity contribution in [3.8, 4) is 0 Å². The highest BCUT2D eigenvalue weighted by Crippen LogP contribution is 2.12. The Labute approximate surface area is 118 Å². The van der Waals surface area contributed by atoms with Crippen molar-refractivity contribution in [2.45, 2.75) is 51.6 Å². The number of likely N-dealkylation sites (tertiary alicyclic amines) is 1. The molecule has 0 bridgehead atoms.